The summed E-state index contributed by atoms with van der Waals surface area (Å²) in [4.78, 5) is 0. The molecule has 0 spiro atoms. The molecule has 2 unspecified atom stereocenters. The molecule has 0 heterocycles. The molecule has 1 nitrogen and oxygen atoms in total. The van der Waals surface area contributed by atoms with Gasteiger partial charge in [0.2, 0.25) is 0 Å². The van der Waals surface area contributed by atoms with E-state index in [9.17, 15) is 0 Å². The number of unbranched alkanes of at least 4 members (excludes halogenated alkanes) is 2. The van der Waals surface area contributed by atoms with Crippen molar-refractivity contribution in [2.24, 2.45) is 5.92 Å². The summed E-state index contributed by atoms with van der Waals surface area (Å²) >= 11 is 0. The van der Waals surface area contributed by atoms with Crippen LogP contribution in [0, 0.1) is 17.8 Å². The molecular formula is C28H37N. The fraction of sp³-hybridized carbons (Fsp3) is 0.429. The van der Waals surface area contributed by atoms with E-state index >= 15 is 0 Å². The van der Waals surface area contributed by atoms with E-state index in [1.54, 1.807) is 0 Å². The van der Waals surface area contributed by atoms with Crippen LogP contribution < -0.4 is 5.32 Å². The van der Waals surface area contributed by atoms with Crippen LogP contribution in [0.2, 0.25) is 0 Å². The lowest BCUT2D eigenvalue weighted by Crippen LogP contribution is -2.07. The number of hydrogen-bond donors (Lipinski definition) is 1. The number of benzene rings is 2. The molecular weight excluding hydrogens is 350 g/mol. The second-order valence-corrected chi connectivity index (χ2v) is 8.19. The maximum Gasteiger partial charge on any atom is 0.0382 e. The van der Waals surface area contributed by atoms with E-state index < -0.39 is 0 Å². The Bertz CT molecular complexity index is 802. The van der Waals surface area contributed by atoms with Gasteiger partial charge >= 0.3 is 0 Å². The quantitative estimate of drug-likeness (QED) is 0.406. The predicted molar refractivity (Wildman–Crippen MR) is 128 cm³/mol. The van der Waals surface area contributed by atoms with Gasteiger partial charge in [0.1, 0.15) is 0 Å². The molecule has 2 aromatic rings. The third-order valence-corrected chi connectivity index (χ3v) is 5.60. The SMILES string of the molecule is C=C(Nc1ccc(C#Cc2ccc(C(C)CCCC)cc2)cc1)C(C)CCCC. The van der Waals surface area contributed by atoms with Crippen LogP contribution in [0.25, 0.3) is 0 Å². The third-order valence-electron chi connectivity index (χ3n) is 5.60. The monoisotopic (exact) mass is 387 g/mol. The van der Waals surface area contributed by atoms with E-state index in [4.69, 9.17) is 0 Å². The summed E-state index contributed by atoms with van der Waals surface area (Å²) in [6, 6.07) is 17.0. The predicted octanol–water partition coefficient (Wildman–Crippen LogP) is 8.13. The largest absolute Gasteiger partial charge is 0.359 e. The molecule has 0 radical (unpaired) electrons. The van der Waals surface area contributed by atoms with Gasteiger partial charge in [-0.05, 0) is 66.6 Å². The minimum absolute atomic E-state index is 0.488. The lowest BCUT2D eigenvalue weighted by atomic mass is 9.95. The fourth-order valence-corrected chi connectivity index (χ4v) is 3.35. The summed E-state index contributed by atoms with van der Waals surface area (Å²) in [5.74, 6) is 7.67. The Balaban J connectivity index is 1.93. The number of anilines is 1. The number of allylic oxidation sites excluding steroid dienone is 1. The number of rotatable bonds is 10. The number of nitrogens with one attached hydrogen (secondary N) is 1. The summed E-state index contributed by atoms with van der Waals surface area (Å²) in [5, 5.41) is 3.44. The average Bonchev–Trinajstić information content (AvgIpc) is 2.75. The van der Waals surface area contributed by atoms with Crippen LogP contribution in [0.1, 0.15) is 88.8 Å². The first-order valence-electron chi connectivity index (χ1n) is 11.2. The van der Waals surface area contributed by atoms with Crippen molar-refractivity contribution >= 4 is 5.69 Å². The highest BCUT2D eigenvalue weighted by atomic mass is 14.9. The molecule has 154 valence electrons. The van der Waals surface area contributed by atoms with Crippen LogP contribution >= 0.6 is 0 Å². The maximum absolute atomic E-state index is 4.20. The Kier molecular flexibility index (Phi) is 9.58. The molecule has 0 aromatic heterocycles. The van der Waals surface area contributed by atoms with E-state index in [1.165, 1.54) is 44.1 Å². The van der Waals surface area contributed by atoms with Crippen LogP contribution in [-0.2, 0) is 0 Å². The molecule has 0 bridgehead atoms. The van der Waals surface area contributed by atoms with Crippen LogP contribution in [0.4, 0.5) is 5.69 Å². The highest BCUT2D eigenvalue weighted by molar-refractivity contribution is 5.52. The van der Waals surface area contributed by atoms with Crippen molar-refractivity contribution < 1.29 is 0 Å². The molecule has 1 N–H and O–H groups in total. The van der Waals surface area contributed by atoms with Crippen molar-refractivity contribution in [3.8, 4) is 11.8 Å². The van der Waals surface area contributed by atoms with Crippen molar-refractivity contribution in [2.75, 3.05) is 5.32 Å². The molecule has 1 heteroatoms. The molecule has 0 saturated heterocycles. The van der Waals surface area contributed by atoms with Crippen molar-refractivity contribution in [1.82, 2.24) is 0 Å². The lowest BCUT2D eigenvalue weighted by molar-refractivity contribution is 0.576. The van der Waals surface area contributed by atoms with Crippen LogP contribution in [0.3, 0.4) is 0 Å². The van der Waals surface area contributed by atoms with Crippen LogP contribution in [0.5, 0.6) is 0 Å². The van der Waals surface area contributed by atoms with Gasteiger partial charge in [0.15, 0.2) is 0 Å². The molecule has 0 aliphatic heterocycles. The molecule has 2 rings (SSSR count). The molecule has 0 amide bonds. The first-order valence-corrected chi connectivity index (χ1v) is 11.2. The Morgan fingerprint density at radius 2 is 1.34 bits per heavy atom. The minimum atomic E-state index is 0.488. The lowest BCUT2D eigenvalue weighted by Gasteiger charge is -2.16. The zero-order chi connectivity index (χ0) is 21.1. The van der Waals surface area contributed by atoms with Gasteiger partial charge < -0.3 is 5.32 Å². The Morgan fingerprint density at radius 3 is 1.90 bits per heavy atom. The normalized spacial score (nSPS) is 12.6. The Labute approximate surface area is 178 Å². The van der Waals surface area contributed by atoms with Gasteiger partial charge in [-0.3, -0.25) is 0 Å². The fourth-order valence-electron chi connectivity index (χ4n) is 3.35. The molecule has 2 atom stereocenters. The highest BCUT2D eigenvalue weighted by Gasteiger charge is 2.06. The summed E-state index contributed by atoms with van der Waals surface area (Å²) in [6.45, 7) is 13.2. The standard InChI is InChI=1S/C28H37N/c1-6-8-10-22(3)24(5)29-28-20-16-26(17-21-28)13-12-25-14-18-27(19-15-25)23(4)11-9-7-2/h14-23,29H,5-11H2,1-4H3. The average molecular weight is 388 g/mol. The van der Waals surface area contributed by atoms with Gasteiger partial charge in [-0.1, -0.05) is 83.9 Å². The molecule has 0 fully saturated rings. The topological polar surface area (TPSA) is 12.0 Å². The first-order chi connectivity index (χ1) is 14.0. The Morgan fingerprint density at radius 1 is 0.828 bits per heavy atom. The number of hydrogen-bond acceptors (Lipinski definition) is 1. The highest BCUT2D eigenvalue weighted by Crippen LogP contribution is 2.22. The zero-order valence-electron chi connectivity index (χ0n) is 18.7. The molecule has 0 aliphatic carbocycles. The van der Waals surface area contributed by atoms with Gasteiger partial charge in [-0.25, -0.2) is 0 Å². The first kappa shape index (κ1) is 22.8. The van der Waals surface area contributed by atoms with Crippen molar-refractivity contribution in [3.05, 3.63) is 77.5 Å². The van der Waals surface area contributed by atoms with Gasteiger partial charge in [-0.2, -0.15) is 0 Å². The third kappa shape index (κ3) is 7.82. The van der Waals surface area contributed by atoms with E-state index in [0.717, 1.165) is 22.5 Å². The van der Waals surface area contributed by atoms with Gasteiger partial charge in [0.25, 0.3) is 0 Å². The van der Waals surface area contributed by atoms with Gasteiger partial charge in [0, 0.05) is 22.5 Å². The molecule has 0 aliphatic rings. The minimum Gasteiger partial charge on any atom is -0.359 e. The van der Waals surface area contributed by atoms with E-state index in [2.05, 4.69) is 100.0 Å². The zero-order valence-corrected chi connectivity index (χ0v) is 18.7. The van der Waals surface area contributed by atoms with Gasteiger partial charge in [0.05, 0.1) is 0 Å². The van der Waals surface area contributed by atoms with Crippen molar-refractivity contribution in [1.29, 1.82) is 0 Å². The second kappa shape index (κ2) is 12.2. The molecule has 0 saturated carbocycles. The van der Waals surface area contributed by atoms with Crippen LogP contribution in [0.15, 0.2) is 60.8 Å². The van der Waals surface area contributed by atoms with Crippen molar-refractivity contribution in [3.63, 3.8) is 0 Å². The van der Waals surface area contributed by atoms with E-state index in [0.29, 0.717) is 11.8 Å². The summed E-state index contributed by atoms with van der Waals surface area (Å²) in [5.41, 5.74) is 5.67. The second-order valence-electron chi connectivity index (χ2n) is 8.19. The molecule has 29 heavy (non-hydrogen) atoms. The van der Waals surface area contributed by atoms with Crippen LogP contribution in [-0.4, -0.2) is 0 Å². The summed E-state index contributed by atoms with van der Waals surface area (Å²) in [7, 11) is 0. The Hall–Kier alpha value is -2.46. The smallest absolute Gasteiger partial charge is 0.0382 e. The summed E-state index contributed by atoms with van der Waals surface area (Å²) < 4.78 is 0. The maximum atomic E-state index is 4.20. The van der Waals surface area contributed by atoms with E-state index in [1.807, 2.05) is 0 Å². The van der Waals surface area contributed by atoms with Gasteiger partial charge in [-0.15, -0.1) is 0 Å². The van der Waals surface area contributed by atoms with E-state index in [-0.39, 0.29) is 0 Å². The van der Waals surface area contributed by atoms with Crippen molar-refractivity contribution in [2.45, 2.75) is 72.1 Å². The molecule has 2 aromatic carbocycles. The summed E-state index contributed by atoms with van der Waals surface area (Å²) in [6.07, 6.45) is 7.46.